The van der Waals surface area contributed by atoms with E-state index in [1.807, 2.05) is 18.2 Å². The van der Waals surface area contributed by atoms with Crippen molar-refractivity contribution in [3.8, 4) is 0 Å². The van der Waals surface area contributed by atoms with E-state index in [2.05, 4.69) is 15.1 Å². The summed E-state index contributed by atoms with van der Waals surface area (Å²) in [5.41, 5.74) is 4.47. The van der Waals surface area contributed by atoms with Crippen LogP contribution < -0.4 is 10.1 Å². The highest BCUT2D eigenvalue weighted by atomic mass is 32.2. The summed E-state index contributed by atoms with van der Waals surface area (Å²) in [4.78, 5) is 16.7. The van der Waals surface area contributed by atoms with Gasteiger partial charge in [-0.3, -0.25) is 14.9 Å². The van der Waals surface area contributed by atoms with Gasteiger partial charge in [-0.05, 0) is 54.6 Å². The topological polar surface area (TPSA) is 93.1 Å². The van der Waals surface area contributed by atoms with Crippen LogP contribution in [0.5, 0.6) is 0 Å². The third-order valence-electron chi connectivity index (χ3n) is 4.18. The molecule has 1 aromatic heterocycles. The van der Waals surface area contributed by atoms with Crippen LogP contribution in [-0.4, -0.2) is 24.0 Å². The van der Waals surface area contributed by atoms with Gasteiger partial charge in [-0.25, -0.2) is 22.5 Å². The summed E-state index contributed by atoms with van der Waals surface area (Å²) in [6.07, 6.45) is 1.47. The maximum atomic E-state index is 13.0. The molecule has 0 saturated carbocycles. The Morgan fingerprint density at radius 2 is 1.72 bits per heavy atom. The van der Waals surface area contributed by atoms with Gasteiger partial charge < -0.3 is 0 Å². The van der Waals surface area contributed by atoms with Crippen LogP contribution in [0.1, 0.15) is 10.4 Å². The van der Waals surface area contributed by atoms with E-state index in [0.29, 0.717) is 11.0 Å². The summed E-state index contributed by atoms with van der Waals surface area (Å²) in [6.45, 7) is 0. The summed E-state index contributed by atoms with van der Waals surface area (Å²) < 4.78 is 42.0. The number of carbonyl (C=O) groups is 1. The zero-order valence-corrected chi connectivity index (χ0v) is 15.7. The number of rotatable bonds is 5. The first-order valence-electron chi connectivity index (χ1n) is 8.54. The van der Waals surface area contributed by atoms with E-state index < -0.39 is 21.7 Å². The van der Waals surface area contributed by atoms with Crippen molar-refractivity contribution in [2.24, 2.45) is 0 Å². The quantitative estimate of drug-likeness (QED) is 0.528. The maximum absolute atomic E-state index is 13.0. The first kappa shape index (κ1) is 18.6. The summed E-state index contributed by atoms with van der Waals surface area (Å²) in [6, 6.07) is 17.8. The minimum absolute atomic E-state index is 0.0926. The van der Waals surface area contributed by atoms with Gasteiger partial charge >= 0.3 is 0 Å². The zero-order valence-electron chi connectivity index (χ0n) is 14.9. The molecule has 146 valence electrons. The van der Waals surface area contributed by atoms with E-state index in [1.54, 1.807) is 6.07 Å². The standard InChI is InChI=1S/C20H15FN4O3S/c21-15-8-10-16(11-9-15)24-29(27,28)17-5-3-4-14(12-17)20(26)23-25-13-22-18-6-1-2-7-19(18)25/h1-13,24H,(H,23,26). The molecule has 0 aliphatic heterocycles. The third-order valence-corrected chi connectivity index (χ3v) is 5.56. The summed E-state index contributed by atoms with van der Waals surface area (Å²) in [7, 11) is -3.95. The van der Waals surface area contributed by atoms with Crippen molar-refractivity contribution in [2.75, 3.05) is 10.1 Å². The molecule has 0 aliphatic carbocycles. The Morgan fingerprint density at radius 1 is 0.966 bits per heavy atom. The predicted molar refractivity (Wildman–Crippen MR) is 107 cm³/mol. The minimum Gasteiger partial charge on any atom is -0.280 e. The largest absolute Gasteiger partial charge is 0.280 e. The number of hydrogen-bond acceptors (Lipinski definition) is 4. The van der Waals surface area contributed by atoms with E-state index >= 15 is 0 Å². The van der Waals surface area contributed by atoms with Gasteiger partial charge in [0.05, 0.1) is 15.9 Å². The number of nitrogens with one attached hydrogen (secondary N) is 2. The average Bonchev–Trinajstić information content (AvgIpc) is 3.13. The molecule has 9 heteroatoms. The molecule has 1 amide bonds. The number of benzene rings is 3. The second-order valence-electron chi connectivity index (χ2n) is 6.18. The second-order valence-corrected chi connectivity index (χ2v) is 7.87. The van der Waals surface area contributed by atoms with Gasteiger partial charge in [-0.2, -0.15) is 0 Å². The highest BCUT2D eigenvalue weighted by molar-refractivity contribution is 7.92. The average molecular weight is 410 g/mol. The van der Waals surface area contributed by atoms with Crippen molar-refractivity contribution in [1.82, 2.24) is 9.66 Å². The number of para-hydroxylation sites is 2. The number of sulfonamides is 1. The Hall–Kier alpha value is -3.72. The lowest BCUT2D eigenvalue weighted by molar-refractivity contribution is 0.101. The molecule has 0 saturated heterocycles. The van der Waals surface area contributed by atoms with Gasteiger partial charge in [-0.1, -0.05) is 18.2 Å². The van der Waals surface area contributed by atoms with Gasteiger partial charge in [-0.15, -0.1) is 0 Å². The van der Waals surface area contributed by atoms with Crippen LogP contribution in [0.25, 0.3) is 11.0 Å². The van der Waals surface area contributed by atoms with Crippen LogP contribution in [0.15, 0.2) is 84.0 Å². The highest BCUT2D eigenvalue weighted by Crippen LogP contribution is 2.18. The summed E-state index contributed by atoms with van der Waals surface area (Å²) in [5, 5.41) is 0. The molecule has 0 bridgehead atoms. The smallest absolute Gasteiger partial charge is 0.270 e. The van der Waals surface area contributed by atoms with Crippen LogP contribution in [0.2, 0.25) is 0 Å². The monoisotopic (exact) mass is 410 g/mol. The normalized spacial score (nSPS) is 11.3. The molecule has 7 nitrogen and oxygen atoms in total. The Labute approximate surface area is 165 Å². The molecule has 2 N–H and O–H groups in total. The minimum atomic E-state index is -3.95. The molecule has 4 rings (SSSR count). The Bertz CT molecular complexity index is 1300. The van der Waals surface area contributed by atoms with E-state index in [4.69, 9.17) is 0 Å². The molecular formula is C20H15FN4O3S. The van der Waals surface area contributed by atoms with Gasteiger partial charge in [0.25, 0.3) is 15.9 Å². The van der Waals surface area contributed by atoms with Crippen molar-refractivity contribution < 1.29 is 17.6 Å². The molecule has 29 heavy (non-hydrogen) atoms. The number of hydrogen-bond donors (Lipinski definition) is 2. The van der Waals surface area contributed by atoms with Crippen LogP contribution in [0, 0.1) is 5.82 Å². The van der Waals surface area contributed by atoms with E-state index in [0.717, 1.165) is 12.1 Å². The van der Waals surface area contributed by atoms with Crippen molar-refractivity contribution >= 4 is 32.7 Å². The number of aromatic nitrogens is 2. The molecule has 0 spiro atoms. The number of imidazole rings is 1. The molecule has 1 heterocycles. The number of amides is 1. The van der Waals surface area contributed by atoms with Crippen molar-refractivity contribution in [3.63, 3.8) is 0 Å². The van der Waals surface area contributed by atoms with E-state index in [9.17, 15) is 17.6 Å². The molecule has 0 fully saturated rings. The lowest BCUT2D eigenvalue weighted by atomic mass is 10.2. The number of nitrogens with zero attached hydrogens (tertiary/aromatic N) is 2. The van der Waals surface area contributed by atoms with Gasteiger partial charge in [0.1, 0.15) is 12.1 Å². The first-order valence-corrected chi connectivity index (χ1v) is 10.0. The second kappa shape index (κ2) is 7.36. The molecular weight excluding hydrogens is 395 g/mol. The van der Waals surface area contributed by atoms with Gasteiger partial charge in [0.15, 0.2) is 0 Å². The lowest BCUT2D eigenvalue weighted by Crippen LogP contribution is -2.22. The lowest BCUT2D eigenvalue weighted by Gasteiger charge is -2.10. The Kier molecular flexibility index (Phi) is 4.73. The van der Waals surface area contributed by atoms with Gasteiger partial charge in [0.2, 0.25) is 0 Å². The molecule has 0 aliphatic rings. The fraction of sp³-hybridized carbons (Fsp3) is 0. The SMILES string of the molecule is O=C(Nn1cnc2ccccc21)c1cccc(S(=O)(=O)Nc2ccc(F)cc2)c1. The van der Waals surface area contributed by atoms with Crippen LogP contribution >= 0.6 is 0 Å². The predicted octanol–water partition coefficient (Wildman–Crippen LogP) is 3.36. The van der Waals surface area contributed by atoms with E-state index in [1.165, 1.54) is 47.4 Å². The fourth-order valence-electron chi connectivity index (χ4n) is 2.76. The van der Waals surface area contributed by atoms with Crippen molar-refractivity contribution in [3.05, 3.63) is 90.5 Å². The molecule has 0 radical (unpaired) electrons. The number of halogens is 1. The van der Waals surface area contributed by atoms with Crippen molar-refractivity contribution in [2.45, 2.75) is 4.90 Å². The molecule has 4 aromatic rings. The van der Waals surface area contributed by atoms with Crippen LogP contribution in [-0.2, 0) is 10.0 Å². The number of anilines is 1. The Balaban J connectivity index is 1.57. The maximum Gasteiger partial charge on any atom is 0.270 e. The van der Waals surface area contributed by atoms with E-state index in [-0.39, 0.29) is 16.1 Å². The third kappa shape index (κ3) is 3.94. The number of fused-ring (bicyclic) bond motifs is 1. The summed E-state index contributed by atoms with van der Waals surface area (Å²) >= 11 is 0. The molecule has 3 aromatic carbocycles. The van der Waals surface area contributed by atoms with Crippen LogP contribution in [0.3, 0.4) is 0 Å². The van der Waals surface area contributed by atoms with Crippen LogP contribution in [0.4, 0.5) is 10.1 Å². The highest BCUT2D eigenvalue weighted by Gasteiger charge is 2.17. The first-order chi connectivity index (χ1) is 13.9. The molecule has 0 atom stereocenters. The summed E-state index contributed by atoms with van der Waals surface area (Å²) in [5.74, 6) is -0.967. The zero-order chi connectivity index (χ0) is 20.4. The Morgan fingerprint density at radius 3 is 2.52 bits per heavy atom. The number of carbonyl (C=O) groups excluding carboxylic acids is 1. The van der Waals surface area contributed by atoms with Gasteiger partial charge in [0, 0.05) is 11.3 Å². The molecule has 0 unspecified atom stereocenters. The van der Waals surface area contributed by atoms with Crippen molar-refractivity contribution in [1.29, 1.82) is 0 Å². The fourth-order valence-corrected chi connectivity index (χ4v) is 3.86.